The van der Waals surface area contributed by atoms with E-state index in [-0.39, 0.29) is 0 Å². The summed E-state index contributed by atoms with van der Waals surface area (Å²) in [6.07, 6.45) is 1.76. The minimum absolute atomic E-state index is 0.484. The fourth-order valence-electron chi connectivity index (χ4n) is 1.40. The van der Waals surface area contributed by atoms with Gasteiger partial charge in [-0.1, -0.05) is 13.8 Å². The van der Waals surface area contributed by atoms with Crippen molar-refractivity contribution in [3.8, 4) is 0 Å². The summed E-state index contributed by atoms with van der Waals surface area (Å²) in [5, 5.41) is 0. The Morgan fingerprint density at radius 1 is 1.40 bits per heavy atom. The van der Waals surface area contributed by atoms with E-state index in [2.05, 4.69) is 43.1 Å². The van der Waals surface area contributed by atoms with E-state index in [1.165, 1.54) is 0 Å². The number of rotatable bonds is 4. The standard InChI is InChI=1S/C11H20N4/c1-8(2)9(3)15(4)10-5-6-13-11(7-10)14-12/h5-9H,12H2,1-4H3,(H,13,14). The highest BCUT2D eigenvalue weighted by atomic mass is 15.3. The molecule has 0 spiro atoms. The third kappa shape index (κ3) is 2.83. The van der Waals surface area contributed by atoms with Crippen LogP contribution in [0.4, 0.5) is 11.5 Å². The lowest BCUT2D eigenvalue weighted by Gasteiger charge is -2.30. The van der Waals surface area contributed by atoms with Crippen LogP contribution in [0.25, 0.3) is 0 Å². The number of nitrogens with zero attached hydrogens (tertiary/aromatic N) is 2. The highest BCUT2D eigenvalue weighted by Crippen LogP contribution is 2.20. The topological polar surface area (TPSA) is 54.2 Å². The summed E-state index contributed by atoms with van der Waals surface area (Å²) >= 11 is 0. The Bertz CT molecular complexity index is 311. The van der Waals surface area contributed by atoms with Crippen LogP contribution in [0.5, 0.6) is 0 Å². The molecule has 0 aliphatic heterocycles. The molecule has 1 atom stereocenters. The summed E-state index contributed by atoms with van der Waals surface area (Å²) in [7, 11) is 2.08. The molecule has 0 amide bonds. The molecule has 4 heteroatoms. The molecule has 1 heterocycles. The van der Waals surface area contributed by atoms with Crippen molar-refractivity contribution >= 4 is 11.5 Å². The molecule has 1 rings (SSSR count). The number of nitrogen functional groups attached to an aromatic ring is 1. The molecular formula is C11H20N4. The molecule has 0 radical (unpaired) electrons. The van der Waals surface area contributed by atoms with Gasteiger partial charge in [0, 0.05) is 31.0 Å². The average molecular weight is 208 g/mol. The van der Waals surface area contributed by atoms with Crippen LogP contribution < -0.4 is 16.2 Å². The number of hydrogen-bond acceptors (Lipinski definition) is 4. The highest BCUT2D eigenvalue weighted by molar-refractivity contribution is 5.53. The molecule has 0 saturated carbocycles. The Kier molecular flexibility index (Phi) is 3.91. The molecule has 0 saturated heterocycles. The first-order valence-electron chi connectivity index (χ1n) is 5.21. The number of hydrazine groups is 1. The van der Waals surface area contributed by atoms with Crippen LogP contribution in [0.2, 0.25) is 0 Å². The zero-order valence-corrected chi connectivity index (χ0v) is 9.86. The van der Waals surface area contributed by atoms with Gasteiger partial charge in [-0.25, -0.2) is 10.8 Å². The number of nitrogens with one attached hydrogen (secondary N) is 1. The Labute approximate surface area is 91.5 Å². The van der Waals surface area contributed by atoms with E-state index in [0.29, 0.717) is 17.8 Å². The summed E-state index contributed by atoms with van der Waals surface area (Å²) in [4.78, 5) is 6.31. The lowest BCUT2D eigenvalue weighted by Crippen LogP contribution is -2.33. The van der Waals surface area contributed by atoms with Gasteiger partial charge in [0.2, 0.25) is 0 Å². The Morgan fingerprint density at radius 2 is 2.07 bits per heavy atom. The van der Waals surface area contributed by atoms with Crippen molar-refractivity contribution in [1.29, 1.82) is 0 Å². The number of aromatic nitrogens is 1. The van der Waals surface area contributed by atoms with E-state index in [1.807, 2.05) is 12.1 Å². The Balaban J connectivity index is 2.85. The van der Waals surface area contributed by atoms with Crippen molar-refractivity contribution in [2.45, 2.75) is 26.8 Å². The normalized spacial score (nSPS) is 12.7. The molecule has 84 valence electrons. The van der Waals surface area contributed by atoms with Crippen molar-refractivity contribution in [2.24, 2.45) is 11.8 Å². The van der Waals surface area contributed by atoms with Gasteiger partial charge in [0.25, 0.3) is 0 Å². The second-order valence-electron chi connectivity index (χ2n) is 4.14. The smallest absolute Gasteiger partial charge is 0.141 e. The molecule has 0 fully saturated rings. The lowest BCUT2D eigenvalue weighted by atomic mass is 10.0. The number of nitrogens with two attached hydrogens (primary N) is 1. The molecule has 4 nitrogen and oxygen atoms in total. The first-order chi connectivity index (χ1) is 7.06. The molecule has 0 bridgehead atoms. The van der Waals surface area contributed by atoms with Crippen molar-refractivity contribution in [1.82, 2.24) is 4.98 Å². The predicted octanol–water partition coefficient (Wildman–Crippen LogP) is 1.85. The van der Waals surface area contributed by atoms with E-state index in [0.717, 1.165) is 5.69 Å². The number of pyridine rings is 1. The monoisotopic (exact) mass is 208 g/mol. The van der Waals surface area contributed by atoms with E-state index in [4.69, 9.17) is 5.84 Å². The first-order valence-corrected chi connectivity index (χ1v) is 5.21. The summed E-state index contributed by atoms with van der Waals surface area (Å²) in [6, 6.07) is 4.41. The molecule has 1 unspecified atom stereocenters. The van der Waals surface area contributed by atoms with Crippen LogP contribution in [0.1, 0.15) is 20.8 Å². The highest BCUT2D eigenvalue weighted by Gasteiger charge is 2.13. The van der Waals surface area contributed by atoms with Gasteiger partial charge in [-0.15, -0.1) is 0 Å². The molecule has 15 heavy (non-hydrogen) atoms. The van der Waals surface area contributed by atoms with Gasteiger partial charge in [0.1, 0.15) is 5.82 Å². The number of hydrogen-bond donors (Lipinski definition) is 2. The van der Waals surface area contributed by atoms with Crippen LogP contribution in [0, 0.1) is 5.92 Å². The summed E-state index contributed by atoms with van der Waals surface area (Å²) in [6.45, 7) is 6.63. The average Bonchev–Trinajstić information content (AvgIpc) is 2.27. The lowest BCUT2D eigenvalue weighted by molar-refractivity contribution is 0.505. The summed E-state index contributed by atoms with van der Waals surface area (Å²) in [5.41, 5.74) is 3.68. The van der Waals surface area contributed by atoms with Crippen molar-refractivity contribution < 1.29 is 0 Å². The van der Waals surface area contributed by atoms with Gasteiger partial charge in [-0.3, -0.25) is 0 Å². The van der Waals surface area contributed by atoms with Crippen molar-refractivity contribution in [2.75, 3.05) is 17.4 Å². The van der Waals surface area contributed by atoms with Crippen LogP contribution in [0.3, 0.4) is 0 Å². The molecule has 3 N–H and O–H groups in total. The third-order valence-electron chi connectivity index (χ3n) is 2.87. The maximum atomic E-state index is 5.32. The largest absolute Gasteiger partial charge is 0.371 e. The predicted molar refractivity (Wildman–Crippen MR) is 64.8 cm³/mol. The summed E-state index contributed by atoms with van der Waals surface area (Å²) in [5.74, 6) is 6.62. The minimum Gasteiger partial charge on any atom is -0.371 e. The number of anilines is 2. The van der Waals surface area contributed by atoms with Crippen LogP contribution in [-0.4, -0.2) is 18.1 Å². The Hall–Kier alpha value is -1.29. The quantitative estimate of drug-likeness (QED) is 0.585. The fraction of sp³-hybridized carbons (Fsp3) is 0.545. The van der Waals surface area contributed by atoms with Gasteiger partial charge in [0.15, 0.2) is 0 Å². The minimum atomic E-state index is 0.484. The van der Waals surface area contributed by atoms with Crippen molar-refractivity contribution in [3.63, 3.8) is 0 Å². The second-order valence-corrected chi connectivity index (χ2v) is 4.14. The molecule has 0 aromatic carbocycles. The van der Waals surface area contributed by atoms with Crippen LogP contribution >= 0.6 is 0 Å². The SMILES string of the molecule is CC(C)C(C)N(C)c1ccnc(NN)c1. The van der Waals surface area contributed by atoms with E-state index >= 15 is 0 Å². The maximum absolute atomic E-state index is 5.32. The maximum Gasteiger partial charge on any atom is 0.141 e. The zero-order valence-electron chi connectivity index (χ0n) is 9.86. The van der Waals surface area contributed by atoms with Gasteiger partial charge in [-0.2, -0.15) is 0 Å². The van der Waals surface area contributed by atoms with E-state index in [9.17, 15) is 0 Å². The van der Waals surface area contributed by atoms with Gasteiger partial charge in [-0.05, 0) is 18.9 Å². The Morgan fingerprint density at radius 3 is 2.60 bits per heavy atom. The van der Waals surface area contributed by atoms with Crippen LogP contribution in [0.15, 0.2) is 18.3 Å². The first kappa shape index (κ1) is 11.8. The summed E-state index contributed by atoms with van der Waals surface area (Å²) < 4.78 is 0. The molecular weight excluding hydrogens is 188 g/mol. The van der Waals surface area contributed by atoms with Crippen molar-refractivity contribution in [3.05, 3.63) is 18.3 Å². The van der Waals surface area contributed by atoms with Gasteiger partial charge >= 0.3 is 0 Å². The van der Waals surface area contributed by atoms with E-state index < -0.39 is 0 Å². The van der Waals surface area contributed by atoms with Gasteiger partial charge in [0.05, 0.1) is 0 Å². The zero-order chi connectivity index (χ0) is 11.4. The third-order valence-corrected chi connectivity index (χ3v) is 2.87. The van der Waals surface area contributed by atoms with Crippen LogP contribution in [-0.2, 0) is 0 Å². The fourth-order valence-corrected chi connectivity index (χ4v) is 1.40. The van der Waals surface area contributed by atoms with E-state index in [1.54, 1.807) is 6.20 Å². The molecule has 1 aromatic rings. The molecule has 0 aliphatic carbocycles. The van der Waals surface area contributed by atoms with Gasteiger partial charge < -0.3 is 10.3 Å². The molecule has 1 aromatic heterocycles. The second kappa shape index (κ2) is 4.98. The molecule has 0 aliphatic rings.